The van der Waals surface area contributed by atoms with Gasteiger partial charge in [0.05, 0.1) is 17.5 Å². The highest BCUT2D eigenvalue weighted by Gasteiger charge is 2.29. The van der Waals surface area contributed by atoms with Gasteiger partial charge in [-0.3, -0.25) is 15.1 Å². The average Bonchev–Trinajstić information content (AvgIpc) is 3.23. The van der Waals surface area contributed by atoms with Gasteiger partial charge in [-0.2, -0.15) is 0 Å². The molecule has 0 fully saturated rings. The molecule has 9 heteroatoms. The Morgan fingerprint density at radius 2 is 2.28 bits per heavy atom. The smallest absolute Gasteiger partial charge is 0.314 e. The monoisotopic (exact) mass is 362 g/mol. The van der Waals surface area contributed by atoms with Crippen molar-refractivity contribution in [3.05, 3.63) is 68.5 Å². The Morgan fingerprint density at radius 3 is 2.92 bits per heavy atom. The van der Waals surface area contributed by atoms with Crippen molar-refractivity contribution >= 4 is 23.5 Å². The van der Waals surface area contributed by atoms with Gasteiger partial charge in [-0.1, -0.05) is 17.7 Å². The molecule has 0 bridgehead atoms. The Morgan fingerprint density at radius 1 is 1.44 bits per heavy atom. The van der Waals surface area contributed by atoms with Crippen LogP contribution in [0.2, 0.25) is 5.15 Å². The fourth-order valence-electron chi connectivity index (χ4n) is 2.49. The summed E-state index contributed by atoms with van der Waals surface area (Å²) in [5.74, 6) is 0.923. The van der Waals surface area contributed by atoms with E-state index in [2.05, 4.69) is 9.98 Å². The van der Waals surface area contributed by atoms with E-state index in [1.807, 2.05) is 11.0 Å². The quantitative estimate of drug-likeness (QED) is 0.480. The molecule has 0 saturated carbocycles. The number of rotatable bonds is 6. The number of halogens is 1. The largest absolute Gasteiger partial charge is 0.459 e. The van der Waals surface area contributed by atoms with E-state index in [4.69, 9.17) is 21.1 Å². The number of amidine groups is 1. The molecule has 1 aliphatic heterocycles. The van der Waals surface area contributed by atoms with Crippen molar-refractivity contribution in [3.8, 4) is 0 Å². The Bertz CT molecular complexity index is 829. The van der Waals surface area contributed by atoms with Gasteiger partial charge in [0.1, 0.15) is 23.3 Å². The Kier molecular flexibility index (Phi) is 5.11. The fourth-order valence-corrected chi connectivity index (χ4v) is 2.60. The third-order valence-corrected chi connectivity index (χ3v) is 3.86. The van der Waals surface area contributed by atoms with Crippen molar-refractivity contribution in [2.24, 2.45) is 4.99 Å². The predicted octanol–water partition coefficient (Wildman–Crippen LogP) is 2.35. The molecule has 8 nitrogen and oxygen atoms in total. The van der Waals surface area contributed by atoms with Crippen LogP contribution in [0.15, 0.2) is 45.6 Å². The molecule has 3 heterocycles. The summed E-state index contributed by atoms with van der Waals surface area (Å²) in [5.41, 5.74) is 0.723. The van der Waals surface area contributed by atoms with Crippen LogP contribution in [0, 0.1) is 10.1 Å². The summed E-state index contributed by atoms with van der Waals surface area (Å²) in [6.45, 7) is 1.22. The van der Waals surface area contributed by atoms with Crippen molar-refractivity contribution in [3.63, 3.8) is 0 Å². The van der Waals surface area contributed by atoms with Gasteiger partial charge in [-0.05, 0) is 23.8 Å². The van der Waals surface area contributed by atoms with Gasteiger partial charge in [0, 0.05) is 19.3 Å². The van der Waals surface area contributed by atoms with Crippen LogP contribution in [0.5, 0.6) is 0 Å². The number of nitrogens with zero attached hydrogens (tertiary/aromatic N) is 4. The number of aromatic nitrogens is 1. The van der Waals surface area contributed by atoms with Crippen molar-refractivity contribution in [1.82, 2.24) is 9.88 Å². The van der Waals surface area contributed by atoms with E-state index in [9.17, 15) is 10.1 Å². The maximum Gasteiger partial charge on any atom is 0.314 e. The van der Waals surface area contributed by atoms with E-state index in [1.165, 1.54) is 6.08 Å². The summed E-state index contributed by atoms with van der Waals surface area (Å²) in [6.07, 6.45) is 2.95. The molecule has 25 heavy (non-hydrogen) atoms. The fraction of sp³-hybridized carbons (Fsp3) is 0.250. The van der Waals surface area contributed by atoms with Crippen molar-refractivity contribution < 1.29 is 14.4 Å². The molecule has 0 spiro atoms. The zero-order valence-corrected chi connectivity index (χ0v) is 13.9. The van der Waals surface area contributed by atoms with Crippen LogP contribution in [-0.2, 0) is 13.2 Å². The molecule has 0 radical (unpaired) electrons. The molecule has 0 aromatic carbocycles. The van der Waals surface area contributed by atoms with Gasteiger partial charge < -0.3 is 14.4 Å². The van der Waals surface area contributed by atoms with Gasteiger partial charge in [0.2, 0.25) is 5.84 Å². The third-order valence-electron chi connectivity index (χ3n) is 3.64. The molecule has 0 saturated heterocycles. The molecule has 130 valence electrons. The lowest BCUT2D eigenvalue weighted by Gasteiger charge is -2.18. The maximum atomic E-state index is 11.5. The van der Waals surface area contributed by atoms with Crippen LogP contribution in [-0.4, -0.2) is 38.8 Å². The maximum absolute atomic E-state index is 11.5. The lowest BCUT2D eigenvalue weighted by atomic mass is 10.2. The number of hydrogen-bond donors (Lipinski definition) is 1. The van der Waals surface area contributed by atoms with Gasteiger partial charge in [0.25, 0.3) is 0 Å². The minimum absolute atomic E-state index is 0.154. The molecule has 0 unspecified atom stereocenters. The molecule has 1 aliphatic rings. The van der Waals surface area contributed by atoms with E-state index in [-0.39, 0.29) is 12.3 Å². The lowest BCUT2D eigenvalue weighted by Crippen LogP contribution is -2.30. The van der Waals surface area contributed by atoms with Crippen molar-refractivity contribution in [1.29, 1.82) is 0 Å². The van der Waals surface area contributed by atoms with Crippen LogP contribution < -0.4 is 0 Å². The number of aliphatic imine (C=N–C) groups is 1. The lowest BCUT2D eigenvalue weighted by molar-refractivity contribution is -0.414. The van der Waals surface area contributed by atoms with Gasteiger partial charge in [-0.25, -0.2) is 4.98 Å². The van der Waals surface area contributed by atoms with Gasteiger partial charge in [-0.15, -0.1) is 0 Å². The van der Waals surface area contributed by atoms with Gasteiger partial charge in [0.15, 0.2) is 0 Å². The number of aliphatic hydroxyl groups is 1. The molecular formula is C16H15ClN4O4. The molecule has 0 aliphatic carbocycles. The second kappa shape index (κ2) is 7.45. The minimum atomic E-state index is -0.488. The summed E-state index contributed by atoms with van der Waals surface area (Å²) in [4.78, 5) is 21.1. The molecular weight excluding hydrogens is 348 g/mol. The zero-order chi connectivity index (χ0) is 17.8. The summed E-state index contributed by atoms with van der Waals surface area (Å²) in [5, 5.41) is 20.9. The summed E-state index contributed by atoms with van der Waals surface area (Å²) in [7, 11) is 0. The predicted molar refractivity (Wildman–Crippen MR) is 91.6 cm³/mol. The highest BCUT2D eigenvalue weighted by atomic mass is 35.5. The SMILES string of the molecule is O=[N+]([O-])/C(=C\c1ccc(CO)o1)C1=NCCN1Cc1ccc(Cl)nc1. The van der Waals surface area contributed by atoms with Crippen molar-refractivity contribution in [2.45, 2.75) is 13.2 Å². The molecule has 1 N–H and O–H groups in total. The van der Waals surface area contributed by atoms with E-state index < -0.39 is 4.92 Å². The van der Waals surface area contributed by atoms with Crippen molar-refractivity contribution in [2.75, 3.05) is 13.1 Å². The molecule has 2 aromatic rings. The summed E-state index contributed by atoms with van der Waals surface area (Å²) in [6, 6.07) is 6.63. The van der Waals surface area contributed by atoms with E-state index in [0.717, 1.165) is 5.56 Å². The highest BCUT2D eigenvalue weighted by molar-refractivity contribution is 6.29. The highest BCUT2D eigenvalue weighted by Crippen LogP contribution is 2.19. The average molecular weight is 363 g/mol. The third kappa shape index (κ3) is 4.04. The Balaban J connectivity index is 1.84. The Labute approximate surface area is 148 Å². The first-order valence-electron chi connectivity index (χ1n) is 7.52. The second-order valence-corrected chi connectivity index (χ2v) is 5.75. The number of hydrogen-bond acceptors (Lipinski definition) is 7. The van der Waals surface area contributed by atoms with Crippen LogP contribution in [0.25, 0.3) is 6.08 Å². The van der Waals surface area contributed by atoms with E-state index in [0.29, 0.717) is 42.1 Å². The topological polar surface area (TPSA) is 105 Å². The number of aliphatic hydroxyl groups excluding tert-OH is 1. The minimum Gasteiger partial charge on any atom is -0.459 e. The molecule has 2 aromatic heterocycles. The van der Waals surface area contributed by atoms with Crippen LogP contribution >= 0.6 is 11.6 Å². The number of furan rings is 1. The summed E-state index contributed by atoms with van der Waals surface area (Å²) >= 11 is 5.78. The van der Waals surface area contributed by atoms with Gasteiger partial charge >= 0.3 is 5.70 Å². The first-order valence-corrected chi connectivity index (χ1v) is 7.90. The van der Waals surface area contributed by atoms with E-state index in [1.54, 1.807) is 24.4 Å². The van der Waals surface area contributed by atoms with Crippen LogP contribution in [0.3, 0.4) is 0 Å². The first-order chi connectivity index (χ1) is 12.1. The summed E-state index contributed by atoms with van der Waals surface area (Å²) < 4.78 is 5.31. The first kappa shape index (κ1) is 17.1. The standard InChI is InChI=1S/C16H15ClN4O4/c17-15-4-1-11(8-19-15)9-20-6-5-18-16(20)14(21(23)24)7-12-2-3-13(10-22)25-12/h1-4,7-8,22H,5-6,9-10H2/b14-7-. The second-order valence-electron chi connectivity index (χ2n) is 5.36. The van der Waals surface area contributed by atoms with Crippen LogP contribution in [0.1, 0.15) is 17.1 Å². The van der Waals surface area contributed by atoms with Crippen LogP contribution in [0.4, 0.5) is 0 Å². The normalized spacial score (nSPS) is 14.7. The molecule has 0 atom stereocenters. The Hall–Kier alpha value is -2.71. The van der Waals surface area contributed by atoms with E-state index >= 15 is 0 Å². The number of nitro groups is 1. The number of pyridine rings is 1. The molecule has 0 amide bonds. The zero-order valence-electron chi connectivity index (χ0n) is 13.1. The molecule has 3 rings (SSSR count).